The average Bonchev–Trinajstić information content (AvgIpc) is 2.33. The maximum Gasteiger partial charge on any atom is 0.150 e. The van der Waals surface area contributed by atoms with E-state index >= 15 is 0 Å². The molecule has 0 aliphatic carbocycles. The lowest BCUT2D eigenvalue weighted by atomic mass is 10.3. The van der Waals surface area contributed by atoms with E-state index in [4.69, 9.17) is 26.8 Å². The molecule has 1 aromatic rings. The fourth-order valence-electron chi connectivity index (χ4n) is 1.37. The summed E-state index contributed by atoms with van der Waals surface area (Å²) in [7, 11) is 0. The van der Waals surface area contributed by atoms with Gasteiger partial charge in [0.15, 0.2) is 5.75 Å². The van der Waals surface area contributed by atoms with Gasteiger partial charge < -0.3 is 20.5 Å². The highest BCUT2D eigenvalue weighted by atomic mass is 79.9. The van der Waals surface area contributed by atoms with E-state index in [9.17, 15) is 0 Å². The Hall–Kier alpha value is -0.910. The minimum absolute atomic E-state index is 0.485. The molecule has 1 saturated heterocycles. The van der Waals surface area contributed by atoms with Crippen molar-refractivity contribution in [2.45, 2.75) is 0 Å². The second-order valence-electron chi connectivity index (χ2n) is 3.53. The molecule has 0 bridgehead atoms. The molecule has 17 heavy (non-hydrogen) atoms. The first-order valence-electron chi connectivity index (χ1n) is 5.10. The van der Waals surface area contributed by atoms with Crippen LogP contribution < -0.4 is 15.8 Å². The molecule has 0 radical (unpaired) electrons. The highest BCUT2D eigenvalue weighted by Gasteiger charge is 2.08. The van der Waals surface area contributed by atoms with Crippen molar-refractivity contribution in [1.29, 1.82) is 0 Å². The lowest BCUT2D eigenvalue weighted by molar-refractivity contribution is 0.168. The monoisotopic (exact) mass is 318 g/mol. The number of hydrogen-bond donors (Lipinski definition) is 2. The number of nitrogens with two attached hydrogens (primary N) is 1. The SMILES string of the molecule is Nc1cc(Cl)c(Br)cc1O/C=C1/CNCCO1. The summed E-state index contributed by atoms with van der Waals surface area (Å²) in [5.74, 6) is 1.30. The molecule has 0 spiro atoms. The molecule has 1 fully saturated rings. The predicted octanol–water partition coefficient (Wildman–Crippen LogP) is 2.52. The molecule has 1 aliphatic rings. The summed E-state index contributed by atoms with van der Waals surface area (Å²) in [4.78, 5) is 0. The zero-order valence-corrected chi connectivity index (χ0v) is 11.3. The molecule has 2 rings (SSSR count). The van der Waals surface area contributed by atoms with Crippen molar-refractivity contribution in [1.82, 2.24) is 5.32 Å². The van der Waals surface area contributed by atoms with E-state index < -0.39 is 0 Å². The molecule has 1 heterocycles. The number of hydrogen-bond acceptors (Lipinski definition) is 4. The summed E-state index contributed by atoms with van der Waals surface area (Å²) < 4.78 is 11.6. The Bertz CT molecular complexity index is 443. The van der Waals surface area contributed by atoms with E-state index in [-0.39, 0.29) is 0 Å². The largest absolute Gasteiger partial charge is 0.492 e. The molecular formula is C11H12BrClN2O2. The summed E-state index contributed by atoms with van der Waals surface area (Å²) in [6.07, 6.45) is 1.55. The van der Waals surface area contributed by atoms with E-state index in [1.165, 1.54) is 0 Å². The van der Waals surface area contributed by atoms with Crippen LogP contribution in [-0.4, -0.2) is 19.7 Å². The minimum atomic E-state index is 0.485. The highest BCUT2D eigenvalue weighted by molar-refractivity contribution is 9.10. The molecule has 6 heteroatoms. The first-order valence-corrected chi connectivity index (χ1v) is 6.27. The van der Waals surface area contributed by atoms with Crippen LogP contribution in [0.5, 0.6) is 5.75 Å². The maximum absolute atomic E-state index is 5.90. The van der Waals surface area contributed by atoms with Crippen LogP contribution in [0.15, 0.2) is 28.6 Å². The van der Waals surface area contributed by atoms with Gasteiger partial charge in [0.05, 0.1) is 17.3 Å². The third-order valence-electron chi connectivity index (χ3n) is 2.24. The molecule has 1 aromatic carbocycles. The van der Waals surface area contributed by atoms with Gasteiger partial charge in [-0.15, -0.1) is 0 Å². The lowest BCUT2D eigenvalue weighted by Gasteiger charge is -2.17. The van der Waals surface area contributed by atoms with Crippen molar-refractivity contribution < 1.29 is 9.47 Å². The van der Waals surface area contributed by atoms with E-state index in [0.717, 1.165) is 16.8 Å². The summed E-state index contributed by atoms with van der Waals surface area (Å²) in [5, 5.41) is 3.73. The quantitative estimate of drug-likeness (QED) is 0.650. The summed E-state index contributed by atoms with van der Waals surface area (Å²) in [5.41, 5.74) is 6.27. The number of ether oxygens (including phenoxy) is 2. The van der Waals surface area contributed by atoms with Crippen LogP contribution in [0.3, 0.4) is 0 Å². The maximum atomic E-state index is 5.90. The van der Waals surface area contributed by atoms with Gasteiger partial charge in [0.25, 0.3) is 0 Å². The summed E-state index contributed by atoms with van der Waals surface area (Å²) in [6.45, 7) is 2.16. The Morgan fingerprint density at radius 1 is 1.53 bits per heavy atom. The minimum Gasteiger partial charge on any atom is -0.492 e. The fourth-order valence-corrected chi connectivity index (χ4v) is 1.86. The smallest absolute Gasteiger partial charge is 0.150 e. The molecule has 4 nitrogen and oxygen atoms in total. The Kier molecular flexibility index (Phi) is 4.15. The molecule has 0 aromatic heterocycles. The van der Waals surface area contributed by atoms with Crippen molar-refractivity contribution >= 4 is 33.2 Å². The number of nitrogen functional groups attached to an aromatic ring is 1. The molecule has 92 valence electrons. The van der Waals surface area contributed by atoms with Gasteiger partial charge in [0.1, 0.15) is 18.6 Å². The van der Waals surface area contributed by atoms with Crippen LogP contribution in [0.4, 0.5) is 5.69 Å². The van der Waals surface area contributed by atoms with Gasteiger partial charge in [-0.25, -0.2) is 0 Å². The van der Waals surface area contributed by atoms with Crippen LogP contribution >= 0.6 is 27.5 Å². The van der Waals surface area contributed by atoms with Crippen LogP contribution in [0, 0.1) is 0 Å². The summed E-state index contributed by atoms with van der Waals surface area (Å²) >= 11 is 9.22. The first-order chi connectivity index (χ1) is 8.16. The van der Waals surface area contributed by atoms with Crippen LogP contribution in [0.25, 0.3) is 0 Å². The van der Waals surface area contributed by atoms with Gasteiger partial charge in [-0.2, -0.15) is 0 Å². The molecule has 0 atom stereocenters. The number of benzene rings is 1. The van der Waals surface area contributed by atoms with E-state index in [0.29, 0.717) is 29.6 Å². The molecule has 1 aliphatic heterocycles. The standard InChI is InChI=1S/C11H12BrClN2O2/c12-8-3-11(10(14)4-9(8)13)17-6-7-5-15-1-2-16-7/h3-4,6,15H,1-2,5,14H2/b7-6-. The molecule has 3 N–H and O–H groups in total. The summed E-state index contributed by atoms with van der Waals surface area (Å²) in [6, 6.07) is 3.37. The van der Waals surface area contributed by atoms with Crippen molar-refractivity contribution in [3.63, 3.8) is 0 Å². The lowest BCUT2D eigenvalue weighted by Crippen LogP contribution is -2.29. The number of halogens is 2. The molecule has 0 saturated carbocycles. The van der Waals surface area contributed by atoms with Crippen LogP contribution in [0.1, 0.15) is 0 Å². The van der Waals surface area contributed by atoms with E-state index in [1.807, 2.05) is 0 Å². The Balaban J connectivity index is 2.10. The number of anilines is 1. The fraction of sp³-hybridized carbons (Fsp3) is 0.273. The van der Waals surface area contributed by atoms with E-state index in [1.54, 1.807) is 18.4 Å². The number of nitrogens with one attached hydrogen (secondary N) is 1. The zero-order valence-electron chi connectivity index (χ0n) is 9.00. The normalized spacial score (nSPS) is 17.9. The van der Waals surface area contributed by atoms with Crippen molar-refractivity contribution in [3.05, 3.63) is 33.6 Å². The van der Waals surface area contributed by atoms with Gasteiger partial charge in [-0.1, -0.05) is 11.6 Å². The van der Waals surface area contributed by atoms with Crippen molar-refractivity contribution in [2.75, 3.05) is 25.4 Å². The molecule has 0 unspecified atom stereocenters. The number of morpholine rings is 1. The van der Waals surface area contributed by atoms with Gasteiger partial charge in [-0.05, 0) is 28.1 Å². The second-order valence-corrected chi connectivity index (χ2v) is 4.79. The average molecular weight is 320 g/mol. The van der Waals surface area contributed by atoms with Gasteiger partial charge in [0.2, 0.25) is 0 Å². The van der Waals surface area contributed by atoms with Gasteiger partial charge in [-0.3, -0.25) is 0 Å². The second kappa shape index (κ2) is 5.62. The molecule has 0 amide bonds. The topological polar surface area (TPSA) is 56.5 Å². The zero-order chi connectivity index (χ0) is 12.3. The number of rotatable bonds is 2. The Labute approximate surface area is 113 Å². The third kappa shape index (κ3) is 3.28. The van der Waals surface area contributed by atoms with Gasteiger partial charge >= 0.3 is 0 Å². The van der Waals surface area contributed by atoms with Crippen molar-refractivity contribution in [2.24, 2.45) is 0 Å². The van der Waals surface area contributed by atoms with Crippen LogP contribution in [-0.2, 0) is 4.74 Å². The predicted molar refractivity (Wildman–Crippen MR) is 71.1 cm³/mol. The Morgan fingerprint density at radius 3 is 3.06 bits per heavy atom. The van der Waals surface area contributed by atoms with E-state index in [2.05, 4.69) is 21.2 Å². The van der Waals surface area contributed by atoms with Crippen LogP contribution in [0.2, 0.25) is 5.02 Å². The van der Waals surface area contributed by atoms with Crippen molar-refractivity contribution in [3.8, 4) is 5.75 Å². The highest BCUT2D eigenvalue weighted by Crippen LogP contribution is 2.32. The first kappa shape index (κ1) is 12.5. The molecular weight excluding hydrogens is 307 g/mol. The Morgan fingerprint density at radius 2 is 2.35 bits per heavy atom. The van der Waals surface area contributed by atoms with Gasteiger partial charge in [0, 0.05) is 11.0 Å². The third-order valence-corrected chi connectivity index (χ3v) is 3.43.